The molecule has 0 saturated heterocycles. The molecule has 40 heavy (non-hydrogen) atoms. The van der Waals surface area contributed by atoms with E-state index in [2.05, 4.69) is 41.5 Å². The van der Waals surface area contributed by atoms with Crippen molar-refractivity contribution in [2.24, 2.45) is 21.7 Å². The van der Waals surface area contributed by atoms with Crippen LogP contribution in [0, 0.1) is 21.7 Å². The quantitative estimate of drug-likeness (QED) is 0.126. The number of hydrogen-bond donors (Lipinski definition) is 8. The predicted molar refractivity (Wildman–Crippen MR) is 154 cm³/mol. The van der Waals surface area contributed by atoms with E-state index < -0.39 is 68.0 Å². The molecule has 0 aliphatic carbocycles. The van der Waals surface area contributed by atoms with Crippen molar-refractivity contribution in [3.8, 4) is 11.5 Å². The first-order valence-corrected chi connectivity index (χ1v) is 13.1. The Balaban J connectivity index is 0.000000858. The lowest BCUT2D eigenvalue weighted by Gasteiger charge is -2.66. The second-order valence-electron chi connectivity index (χ2n) is 14.3. The van der Waals surface area contributed by atoms with Crippen molar-refractivity contribution in [3.05, 3.63) is 29.5 Å². The molecule has 0 bridgehead atoms. The summed E-state index contributed by atoms with van der Waals surface area (Å²) in [6.45, 7) is 23.3. The van der Waals surface area contributed by atoms with Crippen LogP contribution in [0.1, 0.15) is 88.6 Å². The molecule has 1 atom stereocenters. The van der Waals surface area contributed by atoms with Gasteiger partial charge in [-0.1, -0.05) is 68.4 Å². The molecule has 1 unspecified atom stereocenters. The fourth-order valence-electron chi connectivity index (χ4n) is 5.90. The number of phenols is 2. The third-order valence-corrected chi connectivity index (χ3v) is 6.88. The van der Waals surface area contributed by atoms with E-state index in [9.17, 15) is 30.3 Å². The van der Waals surface area contributed by atoms with Crippen molar-refractivity contribution < 1.29 is 50.4 Å². The second-order valence-corrected chi connectivity index (χ2v) is 14.3. The maximum atomic E-state index is 11.4. The minimum atomic E-state index is -1.74. The Morgan fingerprint density at radius 2 is 1.23 bits per heavy atom. The third kappa shape index (κ3) is 7.60. The van der Waals surface area contributed by atoms with E-state index in [0.717, 1.165) is 12.1 Å². The van der Waals surface area contributed by atoms with Crippen molar-refractivity contribution >= 4 is 11.7 Å². The van der Waals surface area contributed by atoms with E-state index in [4.69, 9.17) is 20.1 Å². The molecule has 0 aliphatic rings. The number of aromatic hydroxyl groups is 2. The molecule has 0 amide bonds. The number of hydrogen-bond acceptors (Lipinski definition) is 9. The lowest BCUT2D eigenvalue weighted by Crippen LogP contribution is -2.74. The first kappa shape index (κ1) is 37.5. The molecule has 0 saturated carbocycles. The Bertz CT molecular complexity index is 1010. The van der Waals surface area contributed by atoms with E-state index in [-0.39, 0.29) is 18.8 Å². The van der Waals surface area contributed by atoms with Gasteiger partial charge in [-0.05, 0) is 49.1 Å². The summed E-state index contributed by atoms with van der Waals surface area (Å²) in [5.41, 5.74) is -4.58. The van der Waals surface area contributed by atoms with Gasteiger partial charge in [-0.25, -0.2) is 4.79 Å². The average molecular weight is 573 g/mol. The van der Waals surface area contributed by atoms with Crippen LogP contribution in [-0.2, 0) is 9.53 Å². The number of rotatable bonds is 7. The average Bonchev–Trinajstić information content (AvgIpc) is 2.77. The molecule has 8 N–H and O–H groups in total. The summed E-state index contributed by atoms with van der Waals surface area (Å²) >= 11 is 0. The molecule has 10 nitrogen and oxygen atoms in total. The largest absolute Gasteiger partial charge is 0.504 e. The normalized spacial score (nSPS) is 15.1. The van der Waals surface area contributed by atoms with Gasteiger partial charge in [0.15, 0.2) is 17.3 Å². The Labute approximate surface area is 238 Å². The number of aliphatic hydroxyl groups is 5. The Hall–Kier alpha value is -2.53. The molecule has 1 aromatic rings. The van der Waals surface area contributed by atoms with E-state index in [0.29, 0.717) is 0 Å². The van der Waals surface area contributed by atoms with E-state index in [1.54, 1.807) is 0 Å². The molecule has 0 aliphatic heterocycles. The second kappa shape index (κ2) is 12.5. The van der Waals surface area contributed by atoms with Gasteiger partial charge in [0.05, 0.1) is 41.5 Å². The van der Waals surface area contributed by atoms with Crippen molar-refractivity contribution in [1.29, 1.82) is 0 Å². The first-order valence-electron chi connectivity index (χ1n) is 13.1. The van der Waals surface area contributed by atoms with Gasteiger partial charge in [0, 0.05) is 0 Å². The molecule has 10 heteroatoms. The van der Waals surface area contributed by atoms with Crippen molar-refractivity contribution in [1.82, 2.24) is 0 Å². The summed E-state index contributed by atoms with van der Waals surface area (Å²) in [7, 11) is 0. The van der Waals surface area contributed by atoms with E-state index in [1.165, 1.54) is 6.07 Å². The van der Waals surface area contributed by atoms with Crippen LogP contribution in [0.15, 0.2) is 24.0 Å². The zero-order valence-corrected chi connectivity index (χ0v) is 26.1. The minimum Gasteiger partial charge on any atom is -0.504 e. The van der Waals surface area contributed by atoms with Crippen LogP contribution >= 0.6 is 0 Å². The van der Waals surface area contributed by atoms with Crippen molar-refractivity contribution in [2.75, 3.05) is 13.2 Å². The number of carbonyl (C=O) groups is 1. The number of para-hydroxylation sites is 1. The van der Waals surface area contributed by atoms with Crippen LogP contribution in [0.3, 0.4) is 0 Å². The molecule has 1 rings (SSSR count). The van der Waals surface area contributed by atoms with Gasteiger partial charge in [-0.2, -0.15) is 0 Å². The standard InChI is InChI=1S/C21H44O4.C9H8O6/c1-16(2,3)15(24)20(13-22,14-23)21(17(4,5)6,18(7,8)9)25-19(10,11)12;10-5-3-1-2-4(6(5)11)7(12)8(13)9(14)15/h15,22-24H,13-14H2,1-12H3;1-3,10-13H,(H,14,15). The minimum absolute atomic E-state index is 0.366. The van der Waals surface area contributed by atoms with Crippen LogP contribution < -0.4 is 0 Å². The van der Waals surface area contributed by atoms with Gasteiger partial charge in [0.2, 0.25) is 5.76 Å². The van der Waals surface area contributed by atoms with Gasteiger partial charge in [-0.3, -0.25) is 0 Å². The molecule has 0 radical (unpaired) electrons. The van der Waals surface area contributed by atoms with Crippen LogP contribution in [0.5, 0.6) is 11.5 Å². The summed E-state index contributed by atoms with van der Waals surface area (Å²) in [4.78, 5) is 10.3. The van der Waals surface area contributed by atoms with Crippen molar-refractivity contribution in [3.63, 3.8) is 0 Å². The van der Waals surface area contributed by atoms with Crippen molar-refractivity contribution in [2.45, 2.75) is 100 Å². The van der Waals surface area contributed by atoms with Gasteiger partial charge in [0.25, 0.3) is 0 Å². The summed E-state index contributed by atoms with van der Waals surface area (Å²) in [6, 6.07) is 3.56. The number of carboxylic acid groups (broad SMARTS) is 1. The highest BCUT2D eigenvalue weighted by Gasteiger charge is 2.69. The monoisotopic (exact) mass is 572 g/mol. The summed E-state index contributed by atoms with van der Waals surface area (Å²) in [5, 5.41) is 77.3. The molecule has 1 aromatic carbocycles. The lowest BCUT2D eigenvalue weighted by atomic mass is 9.47. The first-order chi connectivity index (χ1) is 17.7. The van der Waals surface area contributed by atoms with Crippen LogP contribution in [0.25, 0.3) is 5.76 Å². The van der Waals surface area contributed by atoms with E-state index in [1.807, 2.05) is 41.5 Å². The SMILES string of the molecule is CC(C)(C)OC(C(C)(C)C)(C(C)(C)C)C(CO)(CO)C(O)C(C)(C)C.O=C(O)C(O)=C(O)c1cccc(O)c1O. The smallest absolute Gasteiger partial charge is 0.374 e. The molecule has 0 aromatic heterocycles. The Kier molecular flexibility index (Phi) is 11.8. The number of benzene rings is 1. The van der Waals surface area contributed by atoms with E-state index >= 15 is 0 Å². The maximum Gasteiger partial charge on any atom is 0.374 e. The fraction of sp³-hybridized carbons (Fsp3) is 0.700. The van der Waals surface area contributed by atoms with Crippen LogP contribution in [0.2, 0.25) is 0 Å². The van der Waals surface area contributed by atoms with Crippen LogP contribution in [0.4, 0.5) is 0 Å². The summed E-state index contributed by atoms with van der Waals surface area (Å²) < 4.78 is 6.74. The summed E-state index contributed by atoms with van der Waals surface area (Å²) in [6.07, 6.45) is -0.962. The number of carboxylic acids is 1. The zero-order valence-electron chi connectivity index (χ0n) is 26.1. The topological polar surface area (TPSA) is 188 Å². The molecular formula is C30H52O10. The molecule has 0 heterocycles. The molecule has 232 valence electrons. The highest BCUT2D eigenvalue weighted by atomic mass is 16.5. The fourth-order valence-corrected chi connectivity index (χ4v) is 5.90. The van der Waals surface area contributed by atoms with Gasteiger partial charge in [0.1, 0.15) is 0 Å². The number of phenolic OH excluding ortho intramolecular Hbond substituents is 2. The highest BCUT2D eigenvalue weighted by Crippen LogP contribution is 2.61. The Morgan fingerprint density at radius 1 is 0.800 bits per heavy atom. The molecular weight excluding hydrogens is 520 g/mol. The third-order valence-electron chi connectivity index (χ3n) is 6.88. The maximum absolute atomic E-state index is 11.4. The Morgan fingerprint density at radius 3 is 1.52 bits per heavy atom. The number of aliphatic hydroxyl groups excluding tert-OH is 5. The highest BCUT2D eigenvalue weighted by molar-refractivity contribution is 5.92. The van der Waals surface area contributed by atoms with Gasteiger partial charge < -0.3 is 45.6 Å². The number of aliphatic carboxylic acids is 1. The van der Waals surface area contributed by atoms with Crippen LogP contribution in [-0.4, -0.2) is 77.3 Å². The zero-order chi connectivity index (χ0) is 32.3. The predicted octanol–water partition coefficient (Wildman–Crippen LogP) is 4.98. The molecule has 0 spiro atoms. The number of ether oxygens (including phenoxy) is 1. The lowest BCUT2D eigenvalue weighted by molar-refractivity contribution is -0.331. The van der Waals surface area contributed by atoms with Gasteiger partial charge in [-0.15, -0.1) is 0 Å². The summed E-state index contributed by atoms with van der Waals surface area (Å²) in [5.74, 6) is -5.30. The molecule has 0 fully saturated rings. The van der Waals surface area contributed by atoms with Gasteiger partial charge >= 0.3 is 5.97 Å².